The number of nitriles is 1. The fourth-order valence-electron chi connectivity index (χ4n) is 1.85. The number of carbonyl (C=O) groups excluding carboxylic acids is 1. The summed E-state index contributed by atoms with van der Waals surface area (Å²) in [6, 6.07) is 5.50. The van der Waals surface area contributed by atoms with E-state index in [0.29, 0.717) is 30.0 Å². The summed E-state index contributed by atoms with van der Waals surface area (Å²) in [5.41, 5.74) is 0.736. The molecule has 22 heavy (non-hydrogen) atoms. The van der Waals surface area contributed by atoms with Crippen molar-refractivity contribution in [3.8, 4) is 17.6 Å². The van der Waals surface area contributed by atoms with Crippen LogP contribution in [0.5, 0.6) is 11.5 Å². The molecular weight excluding hydrogens is 284 g/mol. The van der Waals surface area contributed by atoms with E-state index in [1.165, 1.54) is 14.2 Å². The summed E-state index contributed by atoms with van der Waals surface area (Å²) in [5, 5.41) is 11.5. The van der Waals surface area contributed by atoms with Gasteiger partial charge in [-0.15, -0.1) is 0 Å². The molecule has 0 saturated carbocycles. The first-order chi connectivity index (χ1) is 10.3. The summed E-state index contributed by atoms with van der Waals surface area (Å²) in [7, 11) is 3.05. The molecule has 0 aliphatic heterocycles. The second kappa shape index (κ2) is 7.55. The lowest BCUT2D eigenvalue weighted by Gasteiger charge is -2.21. The minimum atomic E-state index is -0.590. The molecule has 6 heteroatoms. The lowest BCUT2D eigenvalue weighted by Crippen LogP contribution is -2.27. The van der Waals surface area contributed by atoms with Crippen LogP contribution in [0.2, 0.25) is 0 Å². The Balaban J connectivity index is 3.09. The number of carbonyl (C=O) groups is 1. The highest BCUT2D eigenvalue weighted by Crippen LogP contribution is 2.34. The zero-order valence-corrected chi connectivity index (χ0v) is 13.6. The van der Waals surface area contributed by atoms with E-state index in [0.717, 1.165) is 5.56 Å². The lowest BCUT2D eigenvalue weighted by molar-refractivity contribution is 0.0635. The molecule has 0 unspecified atom stereocenters. The van der Waals surface area contributed by atoms with Crippen LogP contribution in [0.25, 0.3) is 0 Å². The van der Waals surface area contributed by atoms with Gasteiger partial charge in [-0.1, -0.05) is 0 Å². The molecule has 1 N–H and O–H groups in total. The molecule has 0 fully saturated rings. The predicted molar refractivity (Wildman–Crippen MR) is 83.3 cm³/mol. The molecule has 1 aromatic rings. The van der Waals surface area contributed by atoms with Gasteiger partial charge in [0.15, 0.2) is 11.5 Å². The van der Waals surface area contributed by atoms with Crippen molar-refractivity contribution in [1.82, 2.24) is 0 Å². The maximum atomic E-state index is 11.9. The molecule has 0 aromatic heterocycles. The Hall–Kier alpha value is -2.42. The van der Waals surface area contributed by atoms with Crippen molar-refractivity contribution in [3.05, 3.63) is 17.7 Å². The van der Waals surface area contributed by atoms with Crippen molar-refractivity contribution < 1.29 is 19.0 Å². The molecule has 1 rings (SSSR count). The number of anilines is 1. The van der Waals surface area contributed by atoms with Crippen LogP contribution in [-0.2, 0) is 11.2 Å². The molecule has 0 atom stereocenters. The fraction of sp³-hybridized carbons (Fsp3) is 0.500. The minimum absolute atomic E-state index is 0.332. The summed E-state index contributed by atoms with van der Waals surface area (Å²) < 4.78 is 15.7. The van der Waals surface area contributed by atoms with Gasteiger partial charge < -0.3 is 14.2 Å². The Labute approximate surface area is 131 Å². The zero-order valence-electron chi connectivity index (χ0n) is 13.6. The number of nitrogens with one attached hydrogen (secondary N) is 1. The van der Waals surface area contributed by atoms with Crippen LogP contribution in [0.15, 0.2) is 12.1 Å². The van der Waals surface area contributed by atoms with E-state index in [-0.39, 0.29) is 0 Å². The molecule has 0 radical (unpaired) electrons. The Morgan fingerprint density at radius 2 is 1.82 bits per heavy atom. The average molecular weight is 306 g/mol. The average Bonchev–Trinajstić information content (AvgIpc) is 2.43. The number of benzene rings is 1. The Morgan fingerprint density at radius 1 is 1.23 bits per heavy atom. The normalized spacial score (nSPS) is 10.5. The first-order valence-corrected chi connectivity index (χ1v) is 6.92. The summed E-state index contributed by atoms with van der Waals surface area (Å²) in [5.74, 6) is 1.04. The summed E-state index contributed by atoms with van der Waals surface area (Å²) in [6.07, 6.45) is 0.262. The highest BCUT2D eigenvalue weighted by atomic mass is 16.6. The van der Waals surface area contributed by atoms with Crippen LogP contribution in [0.4, 0.5) is 10.5 Å². The smallest absolute Gasteiger partial charge is 0.412 e. The van der Waals surface area contributed by atoms with Gasteiger partial charge in [0.05, 0.1) is 26.0 Å². The SMILES string of the molecule is COc1cc(CCC#N)c(NC(=O)OC(C)(C)C)cc1OC. The largest absolute Gasteiger partial charge is 0.493 e. The molecule has 1 aromatic carbocycles. The van der Waals surface area contributed by atoms with E-state index >= 15 is 0 Å². The third kappa shape index (κ3) is 5.17. The van der Waals surface area contributed by atoms with Gasteiger partial charge in [0, 0.05) is 12.5 Å². The van der Waals surface area contributed by atoms with Crippen LogP contribution >= 0.6 is 0 Å². The summed E-state index contributed by atoms with van der Waals surface area (Å²) >= 11 is 0. The van der Waals surface area contributed by atoms with E-state index in [4.69, 9.17) is 19.5 Å². The highest BCUT2D eigenvalue weighted by molar-refractivity contribution is 5.86. The fourth-order valence-corrected chi connectivity index (χ4v) is 1.85. The molecular formula is C16H22N2O4. The van der Waals surface area contributed by atoms with Crippen LogP contribution < -0.4 is 14.8 Å². The number of hydrogen-bond donors (Lipinski definition) is 1. The topological polar surface area (TPSA) is 80.6 Å². The second-order valence-corrected chi connectivity index (χ2v) is 5.65. The van der Waals surface area contributed by atoms with Gasteiger partial charge in [-0.25, -0.2) is 4.79 Å². The molecule has 0 spiro atoms. The van der Waals surface area contributed by atoms with Gasteiger partial charge in [-0.3, -0.25) is 5.32 Å². The number of rotatable bonds is 5. The first kappa shape index (κ1) is 17.6. The number of aryl methyl sites for hydroxylation is 1. The van der Waals surface area contributed by atoms with E-state index in [9.17, 15) is 4.79 Å². The molecule has 0 saturated heterocycles. The number of nitrogens with zero attached hydrogens (tertiary/aromatic N) is 1. The first-order valence-electron chi connectivity index (χ1n) is 6.92. The monoisotopic (exact) mass is 306 g/mol. The maximum absolute atomic E-state index is 11.9. The third-order valence-corrected chi connectivity index (χ3v) is 2.75. The number of methoxy groups -OCH3 is 2. The number of ether oxygens (including phenoxy) is 3. The molecule has 1 amide bonds. The van der Waals surface area contributed by atoms with Gasteiger partial charge in [-0.2, -0.15) is 5.26 Å². The van der Waals surface area contributed by atoms with Crippen molar-refractivity contribution >= 4 is 11.8 Å². The predicted octanol–water partition coefficient (Wildman–Crippen LogP) is 3.51. The van der Waals surface area contributed by atoms with E-state index < -0.39 is 11.7 Å². The highest BCUT2D eigenvalue weighted by Gasteiger charge is 2.18. The standard InChI is InChI=1S/C16H22N2O4/c1-16(2,3)22-15(19)18-12-10-14(21-5)13(20-4)9-11(12)7-6-8-17/h9-10H,6-7H2,1-5H3,(H,18,19). The summed E-state index contributed by atoms with van der Waals surface area (Å²) in [4.78, 5) is 11.9. The van der Waals surface area contributed by atoms with Crippen molar-refractivity contribution in [2.75, 3.05) is 19.5 Å². The Morgan fingerprint density at radius 3 is 2.32 bits per heavy atom. The maximum Gasteiger partial charge on any atom is 0.412 e. The van der Waals surface area contributed by atoms with Gasteiger partial charge in [0.2, 0.25) is 0 Å². The quantitative estimate of drug-likeness (QED) is 0.900. The van der Waals surface area contributed by atoms with Gasteiger partial charge >= 0.3 is 6.09 Å². The Bertz CT molecular complexity index is 571. The Kier molecular flexibility index (Phi) is 6.05. The van der Waals surface area contributed by atoms with Crippen molar-refractivity contribution in [2.45, 2.75) is 39.2 Å². The number of hydrogen-bond acceptors (Lipinski definition) is 5. The molecule has 0 aliphatic rings. The van der Waals surface area contributed by atoms with Gasteiger partial charge in [0.25, 0.3) is 0 Å². The van der Waals surface area contributed by atoms with Crippen LogP contribution in [0.1, 0.15) is 32.8 Å². The van der Waals surface area contributed by atoms with Crippen LogP contribution in [0, 0.1) is 11.3 Å². The lowest BCUT2D eigenvalue weighted by atomic mass is 10.1. The van der Waals surface area contributed by atoms with Crippen molar-refractivity contribution in [3.63, 3.8) is 0 Å². The van der Waals surface area contributed by atoms with Crippen molar-refractivity contribution in [1.29, 1.82) is 5.26 Å². The van der Waals surface area contributed by atoms with Crippen LogP contribution in [0.3, 0.4) is 0 Å². The van der Waals surface area contributed by atoms with Crippen molar-refractivity contribution in [2.24, 2.45) is 0 Å². The minimum Gasteiger partial charge on any atom is -0.493 e. The van der Waals surface area contributed by atoms with E-state index in [1.54, 1.807) is 32.9 Å². The second-order valence-electron chi connectivity index (χ2n) is 5.65. The molecule has 0 bridgehead atoms. The molecule has 0 heterocycles. The van der Waals surface area contributed by atoms with E-state index in [2.05, 4.69) is 11.4 Å². The van der Waals surface area contributed by atoms with Crippen LogP contribution in [-0.4, -0.2) is 25.9 Å². The van der Waals surface area contributed by atoms with Gasteiger partial charge in [-0.05, 0) is 38.8 Å². The molecule has 120 valence electrons. The number of amides is 1. The van der Waals surface area contributed by atoms with Gasteiger partial charge in [0.1, 0.15) is 5.60 Å². The molecule has 6 nitrogen and oxygen atoms in total. The van der Waals surface area contributed by atoms with E-state index in [1.807, 2.05) is 0 Å². The molecule has 0 aliphatic carbocycles. The summed E-state index contributed by atoms with van der Waals surface area (Å²) in [6.45, 7) is 5.37. The zero-order chi connectivity index (χ0) is 16.8. The third-order valence-electron chi connectivity index (χ3n) is 2.75.